The fraction of sp³-hybridized carbons (Fsp3) is 0.240. The minimum Gasteiger partial charge on any atom is -0.308 e. The van der Waals surface area contributed by atoms with Crippen molar-refractivity contribution in [3.63, 3.8) is 0 Å². The molecule has 0 unspecified atom stereocenters. The molecular formula is C25H25Cl2N5O. The van der Waals surface area contributed by atoms with Crippen LogP contribution in [0.5, 0.6) is 0 Å². The Morgan fingerprint density at radius 1 is 1.06 bits per heavy atom. The second kappa shape index (κ2) is 10.2. The average Bonchev–Trinajstić information content (AvgIpc) is 3.13. The van der Waals surface area contributed by atoms with Gasteiger partial charge in [0, 0.05) is 27.7 Å². The molecule has 8 heteroatoms. The molecule has 4 aromatic rings. The molecule has 0 aliphatic heterocycles. The highest BCUT2D eigenvalue weighted by Gasteiger charge is 2.17. The predicted molar refractivity (Wildman–Crippen MR) is 136 cm³/mol. The van der Waals surface area contributed by atoms with E-state index in [1.807, 2.05) is 31.2 Å². The molecule has 0 saturated heterocycles. The third-order valence-electron chi connectivity index (χ3n) is 5.43. The quantitative estimate of drug-likeness (QED) is 0.296. The van der Waals surface area contributed by atoms with Crippen molar-refractivity contribution in [2.24, 2.45) is 0 Å². The monoisotopic (exact) mass is 481 g/mol. The number of unbranched alkanes of at least 4 members (excludes halogenated alkanes) is 1. The first-order valence-electron chi connectivity index (χ1n) is 10.9. The van der Waals surface area contributed by atoms with E-state index in [0.717, 1.165) is 47.4 Å². The molecule has 2 aromatic carbocycles. The van der Waals surface area contributed by atoms with E-state index in [1.54, 1.807) is 30.5 Å². The Morgan fingerprint density at radius 3 is 2.58 bits per heavy atom. The Bertz CT molecular complexity index is 1280. The molecule has 0 bridgehead atoms. The van der Waals surface area contributed by atoms with Gasteiger partial charge in [-0.15, -0.1) is 0 Å². The van der Waals surface area contributed by atoms with Crippen molar-refractivity contribution < 1.29 is 4.79 Å². The van der Waals surface area contributed by atoms with Crippen molar-refractivity contribution in [1.82, 2.24) is 14.5 Å². The molecule has 2 aromatic heterocycles. The normalized spacial score (nSPS) is 11.0. The van der Waals surface area contributed by atoms with Gasteiger partial charge >= 0.3 is 6.03 Å². The van der Waals surface area contributed by atoms with Crippen molar-refractivity contribution in [1.29, 1.82) is 0 Å². The van der Waals surface area contributed by atoms with Gasteiger partial charge in [0.05, 0.1) is 18.4 Å². The van der Waals surface area contributed by atoms with Crippen LogP contribution in [-0.2, 0) is 13.0 Å². The summed E-state index contributed by atoms with van der Waals surface area (Å²) >= 11 is 12.0. The molecule has 33 heavy (non-hydrogen) atoms. The summed E-state index contributed by atoms with van der Waals surface area (Å²) in [5.41, 5.74) is 4.80. The van der Waals surface area contributed by atoms with Gasteiger partial charge in [-0.25, -0.2) is 14.8 Å². The molecule has 2 heterocycles. The highest BCUT2D eigenvalue weighted by Crippen LogP contribution is 2.26. The topological polar surface area (TPSA) is 71.8 Å². The highest BCUT2D eigenvalue weighted by atomic mass is 35.5. The number of anilines is 2. The fourth-order valence-corrected chi connectivity index (χ4v) is 3.98. The Balaban J connectivity index is 1.63. The van der Waals surface area contributed by atoms with Crippen LogP contribution in [0.3, 0.4) is 0 Å². The second-order valence-corrected chi connectivity index (χ2v) is 8.78. The number of halogens is 2. The number of aromatic nitrogens is 3. The molecule has 6 nitrogen and oxygen atoms in total. The standard InChI is InChI=1S/C25H25Cl2N5O/c1-3-4-8-22-31-23-16(2)21(30-25(33)29-20-7-5-6-19(27)13-20)14-28-24(23)32(22)15-17-9-11-18(26)12-10-17/h5-7,9-14H,3-4,8,15H2,1-2H3,(H2,29,30,33). The van der Waals surface area contributed by atoms with E-state index in [0.29, 0.717) is 28.0 Å². The maximum atomic E-state index is 12.5. The molecule has 2 N–H and O–H groups in total. The Labute approximate surface area is 203 Å². The van der Waals surface area contributed by atoms with E-state index >= 15 is 0 Å². The molecule has 0 spiro atoms. The Morgan fingerprint density at radius 2 is 1.85 bits per heavy atom. The van der Waals surface area contributed by atoms with Gasteiger partial charge in [-0.2, -0.15) is 0 Å². The summed E-state index contributed by atoms with van der Waals surface area (Å²) in [4.78, 5) is 22.1. The molecule has 0 aliphatic rings. The second-order valence-electron chi connectivity index (χ2n) is 7.90. The van der Waals surface area contributed by atoms with Gasteiger partial charge < -0.3 is 15.2 Å². The first-order chi connectivity index (χ1) is 15.9. The maximum absolute atomic E-state index is 12.5. The van der Waals surface area contributed by atoms with Crippen molar-refractivity contribution in [2.75, 3.05) is 10.6 Å². The third kappa shape index (κ3) is 5.46. The van der Waals surface area contributed by atoms with Crippen molar-refractivity contribution in [3.05, 3.63) is 81.7 Å². The van der Waals surface area contributed by atoms with Gasteiger partial charge in [0.15, 0.2) is 5.65 Å². The van der Waals surface area contributed by atoms with Gasteiger partial charge in [-0.1, -0.05) is 54.7 Å². The molecule has 0 saturated carbocycles. The lowest BCUT2D eigenvalue weighted by Gasteiger charge is -2.11. The van der Waals surface area contributed by atoms with Gasteiger partial charge in [0.2, 0.25) is 0 Å². The number of fused-ring (bicyclic) bond motifs is 1. The van der Waals surface area contributed by atoms with E-state index in [9.17, 15) is 4.79 Å². The number of carbonyl (C=O) groups excluding carboxylic acids is 1. The summed E-state index contributed by atoms with van der Waals surface area (Å²) in [5, 5.41) is 6.93. The summed E-state index contributed by atoms with van der Waals surface area (Å²) in [6.45, 7) is 4.76. The predicted octanol–water partition coefficient (Wildman–Crippen LogP) is 7.08. The number of urea groups is 1. The van der Waals surface area contributed by atoms with Crippen LogP contribution in [0, 0.1) is 6.92 Å². The number of amides is 2. The average molecular weight is 482 g/mol. The minimum absolute atomic E-state index is 0.367. The lowest BCUT2D eigenvalue weighted by molar-refractivity contribution is 0.262. The van der Waals surface area contributed by atoms with Crippen LogP contribution in [0.25, 0.3) is 11.2 Å². The molecule has 0 atom stereocenters. The largest absolute Gasteiger partial charge is 0.323 e. The van der Waals surface area contributed by atoms with Crippen LogP contribution < -0.4 is 10.6 Å². The molecule has 4 rings (SSSR count). The number of hydrogen-bond donors (Lipinski definition) is 2. The first-order valence-corrected chi connectivity index (χ1v) is 11.6. The van der Waals surface area contributed by atoms with Gasteiger partial charge in [0.1, 0.15) is 11.3 Å². The van der Waals surface area contributed by atoms with Gasteiger partial charge in [-0.3, -0.25) is 0 Å². The first kappa shape index (κ1) is 23.1. The van der Waals surface area contributed by atoms with Crippen LogP contribution in [0.15, 0.2) is 54.7 Å². The van der Waals surface area contributed by atoms with Crippen LogP contribution in [0.2, 0.25) is 10.0 Å². The number of pyridine rings is 1. The summed E-state index contributed by atoms with van der Waals surface area (Å²) in [7, 11) is 0. The summed E-state index contributed by atoms with van der Waals surface area (Å²) in [5.74, 6) is 0.984. The molecule has 170 valence electrons. The smallest absolute Gasteiger partial charge is 0.308 e. The van der Waals surface area contributed by atoms with Crippen LogP contribution >= 0.6 is 23.2 Å². The van der Waals surface area contributed by atoms with E-state index in [2.05, 4.69) is 27.1 Å². The van der Waals surface area contributed by atoms with Gasteiger partial charge in [-0.05, 0) is 49.2 Å². The van der Waals surface area contributed by atoms with Crippen molar-refractivity contribution in [2.45, 2.75) is 39.7 Å². The van der Waals surface area contributed by atoms with Crippen LogP contribution in [0.4, 0.5) is 16.2 Å². The van der Waals surface area contributed by atoms with Crippen molar-refractivity contribution >= 4 is 51.8 Å². The SMILES string of the molecule is CCCCc1nc2c(C)c(NC(=O)Nc3cccc(Cl)c3)cnc2n1Cc1ccc(Cl)cc1. The maximum Gasteiger partial charge on any atom is 0.323 e. The zero-order chi connectivity index (χ0) is 23.4. The molecule has 2 amide bonds. The lowest BCUT2D eigenvalue weighted by Crippen LogP contribution is -2.20. The lowest BCUT2D eigenvalue weighted by atomic mass is 10.2. The zero-order valence-corrected chi connectivity index (χ0v) is 20.0. The number of nitrogens with zero attached hydrogens (tertiary/aromatic N) is 3. The van der Waals surface area contributed by atoms with Crippen LogP contribution in [0.1, 0.15) is 36.7 Å². The zero-order valence-electron chi connectivity index (χ0n) is 18.5. The van der Waals surface area contributed by atoms with E-state index < -0.39 is 0 Å². The molecule has 0 aliphatic carbocycles. The summed E-state index contributed by atoms with van der Waals surface area (Å²) < 4.78 is 2.15. The fourth-order valence-electron chi connectivity index (χ4n) is 3.66. The van der Waals surface area contributed by atoms with E-state index in [-0.39, 0.29) is 6.03 Å². The molecule has 0 fully saturated rings. The summed E-state index contributed by atoms with van der Waals surface area (Å²) in [6, 6.07) is 14.4. The number of nitrogens with one attached hydrogen (secondary N) is 2. The Kier molecular flexibility index (Phi) is 7.16. The number of aryl methyl sites for hydroxylation is 2. The minimum atomic E-state index is -0.367. The van der Waals surface area contributed by atoms with Crippen LogP contribution in [-0.4, -0.2) is 20.6 Å². The number of rotatable bonds is 7. The number of hydrogen-bond acceptors (Lipinski definition) is 3. The Hall–Kier alpha value is -3.09. The molecule has 0 radical (unpaired) electrons. The number of imidazole rings is 1. The van der Waals surface area contributed by atoms with E-state index in [1.165, 1.54) is 0 Å². The number of benzene rings is 2. The van der Waals surface area contributed by atoms with E-state index in [4.69, 9.17) is 28.2 Å². The summed E-state index contributed by atoms with van der Waals surface area (Å²) in [6.07, 6.45) is 4.65. The molecular weight excluding hydrogens is 457 g/mol. The number of carbonyl (C=O) groups is 1. The third-order valence-corrected chi connectivity index (χ3v) is 5.92. The van der Waals surface area contributed by atoms with Gasteiger partial charge in [0.25, 0.3) is 0 Å². The van der Waals surface area contributed by atoms with Crippen molar-refractivity contribution in [3.8, 4) is 0 Å². The highest BCUT2D eigenvalue weighted by molar-refractivity contribution is 6.31.